The number of amides is 1. The summed E-state index contributed by atoms with van der Waals surface area (Å²) in [5.74, 6) is 1.91. The molecule has 31 heavy (non-hydrogen) atoms. The van der Waals surface area contributed by atoms with E-state index in [2.05, 4.69) is 10.6 Å². The predicted molar refractivity (Wildman–Crippen MR) is 110 cm³/mol. The number of sulfonamides is 1. The van der Waals surface area contributed by atoms with Crippen molar-refractivity contribution in [3.8, 4) is 12.3 Å². The Morgan fingerprint density at radius 1 is 1.06 bits per heavy atom. The summed E-state index contributed by atoms with van der Waals surface area (Å²) >= 11 is 0. The van der Waals surface area contributed by atoms with Crippen LogP contribution in [0.25, 0.3) is 0 Å². The van der Waals surface area contributed by atoms with Crippen LogP contribution < -0.4 is 9.62 Å². The normalized spacial score (nSPS) is 14.9. The maximum absolute atomic E-state index is 12.9. The number of carbonyl (C=O) groups is 1. The maximum Gasteiger partial charge on any atom is 0.416 e. The fourth-order valence-corrected chi connectivity index (χ4v) is 4.16. The Morgan fingerprint density at radius 3 is 2.29 bits per heavy atom. The molecule has 164 valence electrons. The van der Waals surface area contributed by atoms with Crippen molar-refractivity contribution in [2.45, 2.75) is 11.1 Å². The molecule has 1 aliphatic rings. The molecule has 0 radical (unpaired) electrons. The lowest BCUT2D eigenvalue weighted by atomic mass is 10.1. The molecule has 0 aromatic heterocycles. The Labute approximate surface area is 178 Å². The lowest BCUT2D eigenvalue weighted by Crippen LogP contribution is -2.48. The molecule has 1 aliphatic heterocycles. The zero-order valence-corrected chi connectivity index (χ0v) is 17.2. The quantitative estimate of drug-likeness (QED) is 0.710. The summed E-state index contributed by atoms with van der Waals surface area (Å²) in [4.78, 5) is 16.1. The van der Waals surface area contributed by atoms with E-state index >= 15 is 0 Å². The first-order valence-electron chi connectivity index (χ1n) is 9.36. The molecule has 0 spiro atoms. The molecule has 1 N–H and O–H groups in total. The number of hydrogen-bond donors (Lipinski definition) is 1. The molecule has 0 aliphatic carbocycles. The van der Waals surface area contributed by atoms with Gasteiger partial charge in [0.1, 0.15) is 0 Å². The number of benzene rings is 2. The minimum atomic E-state index is -4.41. The summed E-state index contributed by atoms with van der Waals surface area (Å²) in [5.41, 5.74) is 0.0645. The second-order valence-corrected chi connectivity index (χ2v) is 8.65. The fraction of sp³-hybridized carbons (Fsp3) is 0.286. The number of piperazine rings is 1. The number of halogens is 3. The van der Waals surface area contributed by atoms with Crippen molar-refractivity contribution in [3.05, 3.63) is 59.7 Å². The first-order chi connectivity index (χ1) is 14.6. The molecule has 10 heteroatoms. The molecule has 2 aromatic rings. The van der Waals surface area contributed by atoms with Gasteiger partial charge in [0.05, 0.1) is 17.0 Å². The van der Waals surface area contributed by atoms with E-state index in [1.165, 1.54) is 30.3 Å². The molecule has 0 bridgehead atoms. The lowest BCUT2D eigenvalue weighted by Gasteiger charge is -2.36. The Balaban J connectivity index is 1.64. The molecule has 2 aromatic carbocycles. The number of nitrogens with one attached hydrogen (secondary N) is 1. The van der Waals surface area contributed by atoms with Gasteiger partial charge in [-0.1, -0.05) is 12.0 Å². The molecule has 1 heterocycles. The van der Waals surface area contributed by atoms with Crippen LogP contribution in [0, 0.1) is 12.3 Å². The number of carbonyl (C=O) groups excluding carboxylic acids is 1. The Morgan fingerprint density at radius 2 is 1.71 bits per heavy atom. The van der Waals surface area contributed by atoms with E-state index in [1.54, 1.807) is 15.9 Å². The van der Waals surface area contributed by atoms with Gasteiger partial charge in [0, 0.05) is 37.4 Å². The number of terminal acetylenes is 1. The van der Waals surface area contributed by atoms with E-state index < -0.39 is 21.8 Å². The summed E-state index contributed by atoms with van der Waals surface area (Å²) in [6.07, 6.45) is 0.640. The highest BCUT2D eigenvalue weighted by Gasteiger charge is 2.31. The van der Waals surface area contributed by atoms with E-state index in [9.17, 15) is 26.4 Å². The number of anilines is 1. The van der Waals surface area contributed by atoms with Crippen LogP contribution >= 0.6 is 0 Å². The maximum atomic E-state index is 12.9. The summed E-state index contributed by atoms with van der Waals surface area (Å²) < 4.78 is 65.1. The monoisotopic (exact) mass is 451 g/mol. The zero-order chi connectivity index (χ0) is 22.6. The standard InChI is InChI=1S/C21H20F3N3O3S/c1-2-10-25-31(29,30)19-8-6-16(7-9-19)20(28)27-13-11-26(12-14-27)18-5-3-4-17(15-18)21(22,23)24/h1,3-9,15,25H,10-14H2. The number of nitrogens with zero attached hydrogens (tertiary/aromatic N) is 2. The van der Waals surface area contributed by atoms with Gasteiger partial charge in [0.2, 0.25) is 10.0 Å². The molecule has 0 unspecified atom stereocenters. The van der Waals surface area contributed by atoms with Crippen LogP contribution in [0.3, 0.4) is 0 Å². The van der Waals surface area contributed by atoms with Gasteiger partial charge in [-0.2, -0.15) is 17.9 Å². The van der Waals surface area contributed by atoms with Gasteiger partial charge in [-0.05, 0) is 42.5 Å². The molecule has 0 atom stereocenters. The van der Waals surface area contributed by atoms with Gasteiger partial charge < -0.3 is 9.80 Å². The number of rotatable bonds is 5. The summed E-state index contributed by atoms with van der Waals surface area (Å²) in [6.45, 7) is 1.29. The third-order valence-electron chi connectivity index (χ3n) is 4.88. The topological polar surface area (TPSA) is 69.7 Å². The van der Waals surface area contributed by atoms with E-state index in [0.717, 1.165) is 12.1 Å². The van der Waals surface area contributed by atoms with Crippen LogP contribution in [-0.4, -0.2) is 51.9 Å². The van der Waals surface area contributed by atoms with E-state index in [1.807, 2.05) is 0 Å². The largest absolute Gasteiger partial charge is 0.416 e. The minimum absolute atomic E-state index is 0.00587. The third-order valence-corrected chi connectivity index (χ3v) is 6.30. The second kappa shape index (κ2) is 8.99. The molecule has 6 nitrogen and oxygen atoms in total. The molecular formula is C21H20F3N3O3S. The summed E-state index contributed by atoms with van der Waals surface area (Å²) in [5, 5.41) is 0. The van der Waals surface area contributed by atoms with Crippen molar-refractivity contribution in [2.24, 2.45) is 0 Å². The van der Waals surface area contributed by atoms with Gasteiger partial charge in [0.25, 0.3) is 5.91 Å². The van der Waals surface area contributed by atoms with Crippen molar-refractivity contribution in [2.75, 3.05) is 37.6 Å². The average Bonchev–Trinajstić information content (AvgIpc) is 2.77. The lowest BCUT2D eigenvalue weighted by molar-refractivity contribution is -0.137. The van der Waals surface area contributed by atoms with Crippen molar-refractivity contribution in [1.29, 1.82) is 0 Å². The number of hydrogen-bond acceptors (Lipinski definition) is 4. The Hall–Kier alpha value is -3.03. The van der Waals surface area contributed by atoms with E-state index in [4.69, 9.17) is 6.42 Å². The Kier molecular flexibility index (Phi) is 6.57. The van der Waals surface area contributed by atoms with Gasteiger partial charge >= 0.3 is 6.18 Å². The van der Waals surface area contributed by atoms with Gasteiger partial charge in [0.15, 0.2) is 0 Å². The molecule has 1 saturated heterocycles. The molecule has 1 fully saturated rings. The van der Waals surface area contributed by atoms with Crippen LogP contribution in [0.4, 0.5) is 18.9 Å². The average molecular weight is 451 g/mol. The van der Waals surface area contributed by atoms with E-state index in [0.29, 0.717) is 37.4 Å². The van der Waals surface area contributed by atoms with Crippen molar-refractivity contribution < 1.29 is 26.4 Å². The van der Waals surface area contributed by atoms with Gasteiger partial charge in [-0.15, -0.1) is 6.42 Å². The molecule has 1 amide bonds. The van der Waals surface area contributed by atoms with Gasteiger partial charge in [-0.25, -0.2) is 8.42 Å². The highest BCUT2D eigenvalue weighted by atomic mass is 32.2. The number of alkyl halides is 3. The van der Waals surface area contributed by atoms with Crippen LogP contribution in [-0.2, 0) is 16.2 Å². The second-order valence-electron chi connectivity index (χ2n) is 6.88. The summed E-state index contributed by atoms with van der Waals surface area (Å²) in [7, 11) is -3.75. The Bertz CT molecular complexity index is 1090. The van der Waals surface area contributed by atoms with Gasteiger partial charge in [-0.3, -0.25) is 4.79 Å². The smallest absolute Gasteiger partial charge is 0.368 e. The fourth-order valence-electron chi connectivity index (χ4n) is 3.23. The third kappa shape index (κ3) is 5.37. The van der Waals surface area contributed by atoms with Crippen LogP contribution in [0.1, 0.15) is 15.9 Å². The summed E-state index contributed by atoms with van der Waals surface area (Å²) in [6, 6.07) is 10.6. The highest BCUT2D eigenvalue weighted by Crippen LogP contribution is 2.32. The van der Waals surface area contributed by atoms with Crippen LogP contribution in [0.15, 0.2) is 53.4 Å². The van der Waals surface area contributed by atoms with Crippen molar-refractivity contribution in [3.63, 3.8) is 0 Å². The highest BCUT2D eigenvalue weighted by molar-refractivity contribution is 7.89. The predicted octanol–water partition coefficient (Wildman–Crippen LogP) is 2.58. The van der Waals surface area contributed by atoms with Crippen molar-refractivity contribution >= 4 is 21.6 Å². The molecular weight excluding hydrogens is 431 g/mol. The molecule has 0 saturated carbocycles. The van der Waals surface area contributed by atoms with Crippen LogP contribution in [0.2, 0.25) is 0 Å². The minimum Gasteiger partial charge on any atom is -0.368 e. The first kappa shape index (κ1) is 22.7. The first-order valence-corrected chi connectivity index (χ1v) is 10.8. The zero-order valence-electron chi connectivity index (χ0n) is 16.4. The van der Waals surface area contributed by atoms with Crippen LogP contribution in [0.5, 0.6) is 0 Å². The van der Waals surface area contributed by atoms with Crippen molar-refractivity contribution in [1.82, 2.24) is 9.62 Å². The van der Waals surface area contributed by atoms with E-state index in [-0.39, 0.29) is 17.3 Å². The SMILES string of the molecule is C#CCNS(=O)(=O)c1ccc(C(=O)N2CCN(c3cccc(C(F)(F)F)c3)CC2)cc1. The molecule has 3 rings (SSSR count).